The summed E-state index contributed by atoms with van der Waals surface area (Å²) in [7, 11) is 1.62. The normalized spacial score (nSPS) is 12.0. The number of nitrogens with one attached hydrogen (secondary N) is 2. The van der Waals surface area contributed by atoms with Gasteiger partial charge in [-0.1, -0.05) is 12.7 Å². The standard InChI is InChI=1S/C16H25BrN2O3/c1-4-7-22-16-14(17)8-13(9-15(16)21-3)11-19-6-5-18-10-12(2)20/h4,8-9,12,18-20H,1,5-7,10-11H2,2-3H3/t12-/m1/s1. The summed E-state index contributed by atoms with van der Waals surface area (Å²) in [4.78, 5) is 0. The fourth-order valence-electron chi connectivity index (χ4n) is 1.88. The molecule has 0 fully saturated rings. The number of ether oxygens (including phenoxy) is 2. The van der Waals surface area contributed by atoms with Gasteiger partial charge in [0, 0.05) is 26.2 Å². The fraction of sp³-hybridized carbons (Fsp3) is 0.500. The third kappa shape index (κ3) is 6.79. The first kappa shape index (κ1) is 19.0. The molecule has 0 aliphatic carbocycles. The minimum atomic E-state index is -0.316. The molecule has 22 heavy (non-hydrogen) atoms. The second-order valence-corrected chi connectivity index (χ2v) is 5.79. The number of hydrogen-bond acceptors (Lipinski definition) is 5. The molecule has 0 bridgehead atoms. The minimum absolute atomic E-state index is 0.316. The summed E-state index contributed by atoms with van der Waals surface area (Å²) < 4.78 is 11.8. The SMILES string of the molecule is C=CCOc1c(Br)cc(CNCCNC[C@@H](C)O)cc1OC. The van der Waals surface area contributed by atoms with Gasteiger partial charge in [0.25, 0.3) is 0 Å². The topological polar surface area (TPSA) is 62.8 Å². The molecule has 0 saturated heterocycles. The Bertz CT molecular complexity index is 467. The molecule has 0 unspecified atom stereocenters. The van der Waals surface area contributed by atoms with Crippen LogP contribution >= 0.6 is 15.9 Å². The first-order valence-corrected chi connectivity index (χ1v) is 8.07. The summed E-state index contributed by atoms with van der Waals surface area (Å²) in [5, 5.41) is 15.6. The van der Waals surface area contributed by atoms with Crippen molar-refractivity contribution in [1.29, 1.82) is 0 Å². The van der Waals surface area contributed by atoms with Crippen molar-refractivity contribution in [3.8, 4) is 11.5 Å². The lowest BCUT2D eigenvalue weighted by Gasteiger charge is -2.14. The first-order valence-electron chi connectivity index (χ1n) is 7.28. The van der Waals surface area contributed by atoms with Gasteiger partial charge in [-0.15, -0.1) is 0 Å². The lowest BCUT2D eigenvalue weighted by Crippen LogP contribution is -2.31. The molecule has 0 aromatic heterocycles. The van der Waals surface area contributed by atoms with Gasteiger partial charge in [-0.05, 0) is 40.5 Å². The quantitative estimate of drug-likeness (QED) is 0.410. The van der Waals surface area contributed by atoms with E-state index in [0.717, 1.165) is 29.7 Å². The Labute approximate surface area is 140 Å². The molecule has 6 heteroatoms. The van der Waals surface area contributed by atoms with Crippen molar-refractivity contribution in [2.24, 2.45) is 0 Å². The van der Waals surface area contributed by atoms with E-state index in [0.29, 0.717) is 24.7 Å². The largest absolute Gasteiger partial charge is 0.493 e. The molecule has 1 aromatic carbocycles. The van der Waals surface area contributed by atoms with Crippen LogP contribution in [-0.2, 0) is 6.54 Å². The number of rotatable bonds is 11. The van der Waals surface area contributed by atoms with Gasteiger partial charge in [0.1, 0.15) is 6.61 Å². The Morgan fingerprint density at radius 1 is 1.36 bits per heavy atom. The van der Waals surface area contributed by atoms with Gasteiger partial charge in [-0.25, -0.2) is 0 Å². The lowest BCUT2D eigenvalue weighted by molar-refractivity contribution is 0.191. The van der Waals surface area contributed by atoms with E-state index in [-0.39, 0.29) is 6.10 Å². The minimum Gasteiger partial charge on any atom is -0.493 e. The Hall–Kier alpha value is -1.08. The third-order valence-corrected chi connectivity index (χ3v) is 3.47. The molecule has 0 amide bonds. The summed E-state index contributed by atoms with van der Waals surface area (Å²) in [5.41, 5.74) is 1.10. The highest BCUT2D eigenvalue weighted by Crippen LogP contribution is 2.36. The van der Waals surface area contributed by atoms with Crippen LogP contribution in [-0.4, -0.2) is 44.6 Å². The maximum absolute atomic E-state index is 9.14. The molecule has 0 aliphatic heterocycles. The average Bonchev–Trinajstić information content (AvgIpc) is 2.48. The number of aliphatic hydroxyl groups excluding tert-OH is 1. The summed E-state index contributed by atoms with van der Waals surface area (Å²) >= 11 is 3.51. The highest BCUT2D eigenvalue weighted by atomic mass is 79.9. The number of benzene rings is 1. The molecular weight excluding hydrogens is 348 g/mol. The van der Waals surface area contributed by atoms with Gasteiger partial charge < -0.3 is 25.2 Å². The average molecular weight is 373 g/mol. The second-order valence-electron chi connectivity index (χ2n) is 4.94. The van der Waals surface area contributed by atoms with Gasteiger partial charge in [0.15, 0.2) is 11.5 Å². The molecule has 1 atom stereocenters. The van der Waals surface area contributed by atoms with E-state index in [1.165, 1.54) is 0 Å². The van der Waals surface area contributed by atoms with E-state index in [1.54, 1.807) is 20.1 Å². The molecule has 124 valence electrons. The summed E-state index contributed by atoms with van der Waals surface area (Å²) in [6, 6.07) is 3.97. The van der Waals surface area contributed by atoms with Crippen LogP contribution in [0.25, 0.3) is 0 Å². The lowest BCUT2D eigenvalue weighted by atomic mass is 10.2. The molecule has 5 nitrogen and oxygen atoms in total. The number of aliphatic hydroxyl groups is 1. The Kier molecular flexibility index (Phi) is 9.15. The van der Waals surface area contributed by atoms with Gasteiger partial charge in [-0.3, -0.25) is 0 Å². The predicted octanol–water partition coefficient (Wildman–Crippen LogP) is 2.08. The van der Waals surface area contributed by atoms with Crippen LogP contribution in [0.1, 0.15) is 12.5 Å². The van der Waals surface area contributed by atoms with Crippen molar-refractivity contribution in [3.63, 3.8) is 0 Å². The van der Waals surface area contributed by atoms with Crippen LogP contribution in [0.5, 0.6) is 11.5 Å². The van der Waals surface area contributed by atoms with Gasteiger partial charge in [-0.2, -0.15) is 0 Å². The van der Waals surface area contributed by atoms with Crippen molar-refractivity contribution in [1.82, 2.24) is 10.6 Å². The number of methoxy groups -OCH3 is 1. The maximum Gasteiger partial charge on any atom is 0.175 e. The smallest absolute Gasteiger partial charge is 0.175 e. The zero-order valence-corrected chi connectivity index (χ0v) is 14.8. The van der Waals surface area contributed by atoms with Crippen LogP contribution in [0, 0.1) is 0 Å². The van der Waals surface area contributed by atoms with Crippen LogP contribution in [0.15, 0.2) is 29.3 Å². The summed E-state index contributed by atoms with van der Waals surface area (Å²) in [5.74, 6) is 1.38. The molecule has 0 spiro atoms. The van der Waals surface area contributed by atoms with Crippen molar-refractivity contribution >= 4 is 15.9 Å². The maximum atomic E-state index is 9.14. The Morgan fingerprint density at radius 3 is 2.73 bits per heavy atom. The van der Waals surface area contributed by atoms with Crippen molar-refractivity contribution < 1.29 is 14.6 Å². The summed E-state index contributed by atoms with van der Waals surface area (Å²) in [6.45, 7) is 8.80. The molecule has 0 aliphatic rings. The molecule has 3 N–H and O–H groups in total. The molecule has 1 rings (SSSR count). The van der Waals surface area contributed by atoms with Crippen LogP contribution in [0.2, 0.25) is 0 Å². The Balaban J connectivity index is 2.50. The van der Waals surface area contributed by atoms with Crippen LogP contribution in [0.4, 0.5) is 0 Å². The van der Waals surface area contributed by atoms with E-state index in [9.17, 15) is 0 Å². The molecular formula is C16H25BrN2O3. The monoisotopic (exact) mass is 372 g/mol. The van der Waals surface area contributed by atoms with E-state index in [2.05, 4.69) is 33.1 Å². The molecule has 1 aromatic rings. The molecule has 0 heterocycles. The van der Waals surface area contributed by atoms with Gasteiger partial charge in [0.2, 0.25) is 0 Å². The van der Waals surface area contributed by atoms with Gasteiger partial charge >= 0.3 is 0 Å². The van der Waals surface area contributed by atoms with Crippen molar-refractivity contribution in [3.05, 3.63) is 34.8 Å². The second kappa shape index (κ2) is 10.6. The van der Waals surface area contributed by atoms with E-state index < -0.39 is 0 Å². The molecule has 0 radical (unpaired) electrons. The third-order valence-electron chi connectivity index (χ3n) is 2.88. The zero-order valence-electron chi connectivity index (χ0n) is 13.2. The first-order chi connectivity index (χ1) is 10.6. The van der Waals surface area contributed by atoms with Gasteiger partial charge in [0.05, 0.1) is 17.7 Å². The molecule has 0 saturated carbocycles. The van der Waals surface area contributed by atoms with E-state index >= 15 is 0 Å². The van der Waals surface area contributed by atoms with Crippen LogP contribution in [0.3, 0.4) is 0 Å². The summed E-state index contributed by atoms with van der Waals surface area (Å²) in [6.07, 6.45) is 1.38. The Morgan fingerprint density at radius 2 is 2.09 bits per heavy atom. The van der Waals surface area contributed by atoms with Crippen molar-refractivity contribution in [2.75, 3.05) is 33.4 Å². The van der Waals surface area contributed by atoms with Crippen LogP contribution < -0.4 is 20.1 Å². The van der Waals surface area contributed by atoms with Crippen molar-refractivity contribution in [2.45, 2.75) is 19.6 Å². The highest BCUT2D eigenvalue weighted by molar-refractivity contribution is 9.10. The number of halogens is 1. The van der Waals surface area contributed by atoms with E-state index in [4.69, 9.17) is 14.6 Å². The highest BCUT2D eigenvalue weighted by Gasteiger charge is 2.11. The zero-order chi connectivity index (χ0) is 16.4. The number of hydrogen-bond donors (Lipinski definition) is 3. The van der Waals surface area contributed by atoms with E-state index in [1.807, 2.05) is 12.1 Å². The fourth-order valence-corrected chi connectivity index (χ4v) is 2.48. The predicted molar refractivity (Wildman–Crippen MR) is 92.6 cm³/mol.